The number of carbonyl (C=O) groups is 2. The molecular weight excluding hydrogens is 425 g/mol. The molecule has 3 aromatic carbocycles. The Labute approximate surface area is 182 Å². The molecule has 30 heavy (non-hydrogen) atoms. The highest BCUT2D eigenvalue weighted by atomic mass is 35.5. The lowest BCUT2D eigenvalue weighted by molar-refractivity contribution is 0.101. The number of amides is 1. The van der Waals surface area contributed by atoms with E-state index >= 15 is 0 Å². The number of benzene rings is 3. The van der Waals surface area contributed by atoms with Gasteiger partial charge in [0.2, 0.25) is 5.78 Å². The van der Waals surface area contributed by atoms with Crippen molar-refractivity contribution < 1.29 is 18.7 Å². The lowest BCUT2D eigenvalue weighted by Gasteiger charge is -2.08. The normalized spacial score (nSPS) is 10.8. The highest BCUT2D eigenvalue weighted by molar-refractivity contribution is 6.32. The molecule has 4 aromatic rings. The van der Waals surface area contributed by atoms with Gasteiger partial charge in [-0.3, -0.25) is 9.59 Å². The van der Waals surface area contributed by atoms with Crippen LogP contribution in [0.3, 0.4) is 0 Å². The largest absolute Gasteiger partial charge is 0.495 e. The number of hydrogen-bond donors (Lipinski definition) is 1. The molecule has 0 aliphatic carbocycles. The number of nitrogens with one attached hydrogen (secondary N) is 1. The first kappa shape index (κ1) is 20.0. The average Bonchev–Trinajstić information content (AvgIpc) is 3.12. The maximum atomic E-state index is 13.2. The molecule has 0 unspecified atom stereocenters. The van der Waals surface area contributed by atoms with Gasteiger partial charge in [0, 0.05) is 21.5 Å². The number of fused-ring (bicyclic) bond motifs is 1. The molecule has 0 fully saturated rings. The Morgan fingerprint density at radius 3 is 2.33 bits per heavy atom. The van der Waals surface area contributed by atoms with E-state index in [-0.39, 0.29) is 11.7 Å². The third-order valence-corrected chi connectivity index (χ3v) is 5.11. The van der Waals surface area contributed by atoms with E-state index in [0.717, 1.165) is 0 Å². The summed E-state index contributed by atoms with van der Waals surface area (Å²) in [5, 5.41) is 4.23. The monoisotopic (exact) mass is 439 g/mol. The van der Waals surface area contributed by atoms with Crippen molar-refractivity contribution in [1.29, 1.82) is 0 Å². The zero-order valence-corrected chi connectivity index (χ0v) is 17.3. The third-order valence-electron chi connectivity index (χ3n) is 4.56. The molecule has 1 amide bonds. The lowest BCUT2D eigenvalue weighted by atomic mass is 10.1. The maximum Gasteiger partial charge on any atom is 0.255 e. The Morgan fingerprint density at radius 1 is 0.933 bits per heavy atom. The van der Waals surface area contributed by atoms with Crippen molar-refractivity contribution in [3.05, 3.63) is 93.7 Å². The molecular formula is C23H15Cl2NO4. The van der Waals surface area contributed by atoms with Crippen molar-refractivity contribution in [3.63, 3.8) is 0 Å². The fraction of sp³-hybridized carbons (Fsp3) is 0.0435. The summed E-state index contributed by atoms with van der Waals surface area (Å²) >= 11 is 12.1. The van der Waals surface area contributed by atoms with E-state index in [2.05, 4.69) is 5.32 Å². The summed E-state index contributed by atoms with van der Waals surface area (Å²) in [6, 6.07) is 18.2. The number of para-hydroxylation sites is 1. The minimum Gasteiger partial charge on any atom is -0.495 e. The number of hydrogen-bond acceptors (Lipinski definition) is 4. The highest BCUT2D eigenvalue weighted by Gasteiger charge is 2.24. The highest BCUT2D eigenvalue weighted by Crippen LogP contribution is 2.34. The summed E-state index contributed by atoms with van der Waals surface area (Å²) in [6.45, 7) is 0. The first-order valence-electron chi connectivity index (χ1n) is 8.94. The predicted molar refractivity (Wildman–Crippen MR) is 117 cm³/mol. The maximum absolute atomic E-state index is 13.2. The Kier molecular flexibility index (Phi) is 5.48. The first-order chi connectivity index (χ1) is 14.5. The Bertz CT molecular complexity index is 1260. The molecule has 0 spiro atoms. The van der Waals surface area contributed by atoms with Gasteiger partial charge in [-0.05, 0) is 54.6 Å². The van der Waals surface area contributed by atoms with Crippen LogP contribution in [0.15, 0.2) is 71.1 Å². The topological polar surface area (TPSA) is 68.5 Å². The van der Waals surface area contributed by atoms with Crippen LogP contribution in [0.4, 0.5) is 5.69 Å². The molecule has 0 aliphatic heterocycles. The minimum absolute atomic E-state index is 0.0137. The number of halogens is 2. The zero-order valence-electron chi connectivity index (χ0n) is 15.7. The molecule has 0 saturated heterocycles. The quantitative estimate of drug-likeness (QED) is 0.374. The van der Waals surface area contributed by atoms with Crippen LogP contribution >= 0.6 is 23.2 Å². The molecule has 1 N–H and O–H groups in total. The lowest BCUT2D eigenvalue weighted by Crippen LogP contribution is -2.14. The van der Waals surface area contributed by atoms with Gasteiger partial charge in [0.15, 0.2) is 5.76 Å². The van der Waals surface area contributed by atoms with Crippen molar-refractivity contribution in [1.82, 2.24) is 0 Å². The molecule has 150 valence electrons. The summed E-state index contributed by atoms with van der Waals surface area (Å²) in [5.41, 5.74) is 1.48. The number of ether oxygens (including phenoxy) is 1. The first-order valence-corrected chi connectivity index (χ1v) is 9.70. The van der Waals surface area contributed by atoms with Gasteiger partial charge < -0.3 is 14.5 Å². The van der Waals surface area contributed by atoms with Crippen molar-refractivity contribution in [3.8, 4) is 5.75 Å². The van der Waals surface area contributed by atoms with Crippen molar-refractivity contribution in [2.24, 2.45) is 0 Å². The number of ketones is 1. The third kappa shape index (κ3) is 3.77. The zero-order chi connectivity index (χ0) is 21.3. The molecule has 0 bridgehead atoms. The van der Waals surface area contributed by atoms with E-state index in [9.17, 15) is 9.59 Å². The van der Waals surface area contributed by atoms with Gasteiger partial charge in [0.05, 0.1) is 17.8 Å². The van der Waals surface area contributed by atoms with Crippen molar-refractivity contribution in [2.75, 3.05) is 12.4 Å². The van der Waals surface area contributed by atoms with Crippen molar-refractivity contribution >= 4 is 51.5 Å². The van der Waals surface area contributed by atoms with E-state index in [4.69, 9.17) is 32.4 Å². The van der Waals surface area contributed by atoms with Crippen LogP contribution in [0, 0.1) is 0 Å². The van der Waals surface area contributed by atoms with Crippen LogP contribution in [-0.4, -0.2) is 18.8 Å². The molecule has 4 rings (SSSR count). The van der Waals surface area contributed by atoms with Gasteiger partial charge in [-0.1, -0.05) is 35.3 Å². The number of anilines is 1. The Morgan fingerprint density at radius 2 is 1.63 bits per heavy atom. The molecule has 0 aliphatic rings. The second kappa shape index (κ2) is 8.22. The SMILES string of the molecule is COc1ccc(C(=O)c2oc3ccccc3c2NC(=O)c2ccc(Cl)cc2)cc1Cl. The fourth-order valence-corrected chi connectivity index (χ4v) is 3.44. The number of rotatable bonds is 5. The van der Waals surface area contributed by atoms with E-state index in [1.165, 1.54) is 13.2 Å². The van der Waals surface area contributed by atoms with Gasteiger partial charge in [0.1, 0.15) is 11.3 Å². The van der Waals surface area contributed by atoms with E-state index in [1.807, 2.05) is 0 Å². The van der Waals surface area contributed by atoms with Crippen LogP contribution in [0.5, 0.6) is 5.75 Å². The van der Waals surface area contributed by atoms with E-state index in [1.54, 1.807) is 60.7 Å². The molecule has 7 heteroatoms. The summed E-state index contributed by atoms with van der Waals surface area (Å²) in [7, 11) is 1.49. The predicted octanol–water partition coefficient (Wildman–Crippen LogP) is 6.23. The average molecular weight is 440 g/mol. The fourth-order valence-electron chi connectivity index (χ4n) is 3.06. The minimum atomic E-state index is -0.415. The van der Waals surface area contributed by atoms with Crippen LogP contribution in [0.2, 0.25) is 10.0 Å². The van der Waals surface area contributed by atoms with Crippen LogP contribution in [0.1, 0.15) is 26.5 Å². The van der Waals surface area contributed by atoms with E-state index in [0.29, 0.717) is 43.6 Å². The van der Waals surface area contributed by atoms with Gasteiger partial charge in [-0.25, -0.2) is 0 Å². The molecule has 1 aromatic heterocycles. The van der Waals surface area contributed by atoms with Gasteiger partial charge >= 0.3 is 0 Å². The van der Waals surface area contributed by atoms with Crippen molar-refractivity contribution in [2.45, 2.75) is 0 Å². The van der Waals surface area contributed by atoms with Crippen LogP contribution < -0.4 is 10.1 Å². The smallest absolute Gasteiger partial charge is 0.255 e. The molecule has 0 saturated carbocycles. The number of furan rings is 1. The molecule has 0 atom stereocenters. The summed E-state index contributed by atoms with van der Waals surface area (Å²) in [6.07, 6.45) is 0. The van der Waals surface area contributed by atoms with Crippen LogP contribution in [0.25, 0.3) is 11.0 Å². The number of carbonyl (C=O) groups excluding carboxylic acids is 2. The number of methoxy groups -OCH3 is 1. The summed E-state index contributed by atoms with van der Waals surface area (Å²) in [5.74, 6) is -0.337. The summed E-state index contributed by atoms with van der Waals surface area (Å²) < 4.78 is 10.9. The standard InChI is InChI=1S/C23H15Cl2NO4/c1-29-19-11-8-14(12-17(19)25)21(27)22-20(16-4-2-3-5-18(16)30-22)26-23(28)13-6-9-15(24)10-7-13/h2-12H,1H3,(H,26,28). The van der Waals surface area contributed by atoms with E-state index < -0.39 is 5.78 Å². The Balaban J connectivity index is 1.76. The molecule has 5 nitrogen and oxygen atoms in total. The molecule has 1 heterocycles. The molecule has 0 radical (unpaired) electrons. The van der Waals surface area contributed by atoms with Gasteiger partial charge in [-0.15, -0.1) is 0 Å². The van der Waals surface area contributed by atoms with Gasteiger partial charge in [0.25, 0.3) is 5.91 Å². The van der Waals surface area contributed by atoms with Crippen LogP contribution in [-0.2, 0) is 0 Å². The summed E-state index contributed by atoms with van der Waals surface area (Å²) in [4.78, 5) is 26.0. The second-order valence-corrected chi connectivity index (χ2v) is 7.29. The second-order valence-electron chi connectivity index (χ2n) is 6.44. The Hall–Kier alpha value is -3.28. The van der Waals surface area contributed by atoms with Gasteiger partial charge in [-0.2, -0.15) is 0 Å².